The van der Waals surface area contributed by atoms with Crippen molar-refractivity contribution in [2.24, 2.45) is 0 Å². The van der Waals surface area contributed by atoms with E-state index in [1.165, 1.54) is 6.07 Å². The van der Waals surface area contributed by atoms with Crippen molar-refractivity contribution >= 4 is 27.5 Å². The van der Waals surface area contributed by atoms with Gasteiger partial charge < -0.3 is 10.5 Å². The molecular formula is C13H22N2O3S2. The summed E-state index contributed by atoms with van der Waals surface area (Å²) in [5.41, 5.74) is 6.06. The molecule has 5 nitrogen and oxygen atoms in total. The van der Waals surface area contributed by atoms with Crippen LogP contribution < -0.4 is 15.2 Å². The zero-order valence-corrected chi connectivity index (χ0v) is 13.9. The van der Waals surface area contributed by atoms with Crippen molar-refractivity contribution in [3.05, 3.63) is 18.2 Å². The van der Waals surface area contributed by atoms with Gasteiger partial charge in [-0.2, -0.15) is 11.8 Å². The topological polar surface area (TPSA) is 81.4 Å². The highest BCUT2D eigenvalue weighted by Crippen LogP contribution is 2.27. The molecule has 0 aromatic heterocycles. The third-order valence-electron chi connectivity index (χ3n) is 2.80. The number of thioether (sulfide) groups is 1. The minimum absolute atomic E-state index is 0.0799. The number of rotatable bonds is 7. The molecule has 0 saturated carbocycles. The minimum Gasteiger partial charge on any atom is -0.492 e. The molecule has 0 fully saturated rings. The Labute approximate surface area is 125 Å². The summed E-state index contributed by atoms with van der Waals surface area (Å²) in [5.74, 6) is 0.316. The number of nitrogens with one attached hydrogen (secondary N) is 1. The first-order valence-corrected chi connectivity index (χ1v) is 9.00. The van der Waals surface area contributed by atoms with Crippen LogP contribution in [0.3, 0.4) is 0 Å². The van der Waals surface area contributed by atoms with E-state index < -0.39 is 10.0 Å². The zero-order valence-electron chi connectivity index (χ0n) is 12.3. The number of benzene rings is 1. The monoisotopic (exact) mass is 318 g/mol. The molecular weight excluding hydrogens is 296 g/mol. The predicted octanol–water partition coefficient (Wildman–Crippen LogP) is 2.09. The van der Waals surface area contributed by atoms with Gasteiger partial charge >= 0.3 is 0 Å². The Bertz CT molecular complexity index is 557. The fourth-order valence-corrected chi connectivity index (χ4v) is 3.13. The molecule has 1 aromatic rings. The van der Waals surface area contributed by atoms with E-state index in [-0.39, 0.29) is 9.64 Å². The Morgan fingerprint density at radius 1 is 1.40 bits per heavy atom. The number of hydrogen-bond acceptors (Lipinski definition) is 5. The Morgan fingerprint density at radius 3 is 2.60 bits per heavy atom. The summed E-state index contributed by atoms with van der Waals surface area (Å²) in [6.07, 6.45) is 1.94. The summed E-state index contributed by atoms with van der Waals surface area (Å²) >= 11 is 1.60. The Balaban J connectivity index is 3.05. The second kappa shape index (κ2) is 6.69. The highest BCUT2D eigenvalue weighted by atomic mass is 32.2. The van der Waals surface area contributed by atoms with Gasteiger partial charge in [0.05, 0.1) is 6.61 Å². The predicted molar refractivity (Wildman–Crippen MR) is 84.8 cm³/mol. The highest BCUT2D eigenvalue weighted by Gasteiger charge is 2.24. The molecule has 0 radical (unpaired) electrons. The Hall–Kier alpha value is -0.920. The molecule has 0 atom stereocenters. The lowest BCUT2D eigenvalue weighted by atomic mass is 10.2. The van der Waals surface area contributed by atoms with E-state index in [1.807, 2.05) is 20.1 Å². The number of anilines is 1. The van der Waals surface area contributed by atoms with Gasteiger partial charge in [-0.15, -0.1) is 0 Å². The van der Waals surface area contributed by atoms with Crippen molar-refractivity contribution in [2.75, 3.05) is 25.1 Å². The molecule has 0 aliphatic carbocycles. The second-order valence-electron chi connectivity index (χ2n) is 4.93. The van der Waals surface area contributed by atoms with Gasteiger partial charge in [0.2, 0.25) is 10.0 Å². The lowest BCUT2D eigenvalue weighted by Gasteiger charge is -2.22. The van der Waals surface area contributed by atoms with E-state index in [1.54, 1.807) is 30.8 Å². The maximum absolute atomic E-state index is 12.4. The van der Waals surface area contributed by atoms with Crippen LogP contribution in [0.5, 0.6) is 5.75 Å². The first kappa shape index (κ1) is 17.1. The molecule has 0 bridgehead atoms. The summed E-state index contributed by atoms with van der Waals surface area (Å²) in [7, 11) is -3.65. The van der Waals surface area contributed by atoms with Gasteiger partial charge in [-0.25, -0.2) is 13.1 Å². The largest absolute Gasteiger partial charge is 0.492 e. The molecule has 0 amide bonds. The van der Waals surface area contributed by atoms with Crippen LogP contribution in [0, 0.1) is 0 Å². The van der Waals surface area contributed by atoms with Crippen molar-refractivity contribution in [3.8, 4) is 5.75 Å². The van der Waals surface area contributed by atoms with Gasteiger partial charge in [0.15, 0.2) is 0 Å². The van der Waals surface area contributed by atoms with Gasteiger partial charge in [-0.05, 0) is 45.2 Å². The molecule has 0 heterocycles. The van der Waals surface area contributed by atoms with E-state index in [2.05, 4.69) is 4.72 Å². The van der Waals surface area contributed by atoms with Gasteiger partial charge in [-0.3, -0.25) is 0 Å². The number of hydrogen-bond donors (Lipinski definition) is 2. The van der Waals surface area contributed by atoms with Crippen molar-refractivity contribution in [1.29, 1.82) is 0 Å². The fourth-order valence-electron chi connectivity index (χ4n) is 1.43. The summed E-state index contributed by atoms with van der Waals surface area (Å²) in [6, 6.07) is 4.61. The smallest absolute Gasteiger partial charge is 0.244 e. The third kappa shape index (κ3) is 4.57. The molecule has 20 heavy (non-hydrogen) atoms. The van der Waals surface area contributed by atoms with Crippen LogP contribution in [-0.4, -0.2) is 32.6 Å². The highest BCUT2D eigenvalue weighted by molar-refractivity contribution is 8.00. The van der Waals surface area contributed by atoms with Gasteiger partial charge in [0.1, 0.15) is 10.6 Å². The van der Waals surface area contributed by atoms with Gasteiger partial charge in [-0.1, -0.05) is 0 Å². The van der Waals surface area contributed by atoms with Crippen molar-refractivity contribution < 1.29 is 13.2 Å². The molecule has 0 unspecified atom stereocenters. The SMILES string of the molecule is CCOc1ccc(N)cc1S(=O)(=O)NCC(C)(C)SC. The zero-order chi connectivity index (χ0) is 15.4. The number of ether oxygens (including phenoxy) is 1. The average Bonchev–Trinajstić information content (AvgIpc) is 2.39. The summed E-state index contributed by atoms with van der Waals surface area (Å²) in [5, 5.41) is 0. The number of nitrogens with two attached hydrogens (primary N) is 1. The molecule has 0 aliphatic heterocycles. The maximum Gasteiger partial charge on any atom is 0.244 e. The van der Waals surface area contributed by atoms with Crippen LogP contribution in [0.25, 0.3) is 0 Å². The average molecular weight is 318 g/mol. The van der Waals surface area contributed by atoms with E-state index in [9.17, 15) is 8.42 Å². The summed E-state index contributed by atoms with van der Waals surface area (Å²) in [4.78, 5) is 0.0799. The molecule has 0 aliphatic rings. The quantitative estimate of drug-likeness (QED) is 0.752. The molecule has 114 valence electrons. The molecule has 0 saturated heterocycles. The van der Waals surface area contributed by atoms with Gasteiger partial charge in [0, 0.05) is 17.0 Å². The van der Waals surface area contributed by atoms with E-state index in [0.29, 0.717) is 24.6 Å². The fraction of sp³-hybridized carbons (Fsp3) is 0.538. The standard InChI is InChI=1S/C13H22N2O3S2/c1-5-18-11-7-6-10(14)8-12(11)20(16,17)15-9-13(2,3)19-4/h6-8,15H,5,9,14H2,1-4H3. The summed E-state index contributed by atoms with van der Waals surface area (Å²) in [6.45, 7) is 6.47. The second-order valence-corrected chi connectivity index (χ2v) is 8.18. The van der Waals surface area contributed by atoms with Crippen molar-refractivity contribution in [3.63, 3.8) is 0 Å². The van der Waals surface area contributed by atoms with Crippen LogP contribution in [-0.2, 0) is 10.0 Å². The molecule has 3 N–H and O–H groups in total. The summed E-state index contributed by atoms with van der Waals surface area (Å²) < 4.78 is 32.6. The Kier molecular flexibility index (Phi) is 5.73. The van der Waals surface area contributed by atoms with Crippen LogP contribution >= 0.6 is 11.8 Å². The maximum atomic E-state index is 12.4. The molecule has 1 aromatic carbocycles. The van der Waals surface area contributed by atoms with E-state index >= 15 is 0 Å². The first-order chi connectivity index (χ1) is 9.22. The lowest BCUT2D eigenvalue weighted by molar-refractivity contribution is 0.331. The van der Waals surface area contributed by atoms with Crippen molar-refractivity contribution in [1.82, 2.24) is 4.72 Å². The number of sulfonamides is 1. The lowest BCUT2D eigenvalue weighted by Crippen LogP contribution is -2.36. The van der Waals surface area contributed by atoms with Crippen molar-refractivity contribution in [2.45, 2.75) is 30.4 Å². The van der Waals surface area contributed by atoms with E-state index in [4.69, 9.17) is 10.5 Å². The van der Waals surface area contributed by atoms with E-state index in [0.717, 1.165) is 0 Å². The molecule has 1 rings (SSSR count). The normalized spacial score (nSPS) is 12.4. The molecule has 0 spiro atoms. The van der Waals surface area contributed by atoms with Crippen LogP contribution in [0.15, 0.2) is 23.1 Å². The van der Waals surface area contributed by atoms with Crippen LogP contribution in [0.4, 0.5) is 5.69 Å². The number of nitrogen functional groups attached to an aromatic ring is 1. The first-order valence-electron chi connectivity index (χ1n) is 6.29. The van der Waals surface area contributed by atoms with Gasteiger partial charge in [0.25, 0.3) is 0 Å². The Morgan fingerprint density at radius 2 is 2.05 bits per heavy atom. The van der Waals surface area contributed by atoms with Crippen LogP contribution in [0.1, 0.15) is 20.8 Å². The van der Waals surface area contributed by atoms with Crippen LogP contribution in [0.2, 0.25) is 0 Å². The minimum atomic E-state index is -3.65. The third-order valence-corrected chi connectivity index (χ3v) is 5.47. The molecule has 7 heteroatoms.